The molecular weight excluding hydrogens is 226 g/mol. The minimum atomic E-state index is -0.104. The minimum Gasteiger partial charge on any atom is -0.497 e. The lowest BCUT2D eigenvalue weighted by atomic mass is 9.75. The van der Waals surface area contributed by atoms with Crippen LogP contribution in [-0.2, 0) is 0 Å². The van der Waals surface area contributed by atoms with E-state index in [1.807, 2.05) is 12.1 Å². The number of benzene rings is 1. The molecule has 0 saturated heterocycles. The molecule has 0 N–H and O–H groups in total. The molecular formula is C15H17NO2. The standard InChI is InChI=1S/C15H17NO2/c1-17-10-5-6-13-11(8-10)12-9-16-14-4-2-3-7-15(12,14)18-13/h5-6,8,12H,2-4,7,9H2,1H3/t12-,15+/m1/s1. The van der Waals surface area contributed by atoms with Crippen LogP contribution in [0.4, 0.5) is 0 Å². The number of fused-ring (bicyclic) bond motifs is 2. The second-order valence-corrected chi connectivity index (χ2v) is 5.44. The molecule has 1 aromatic carbocycles. The summed E-state index contributed by atoms with van der Waals surface area (Å²) in [5, 5.41) is 0. The van der Waals surface area contributed by atoms with Gasteiger partial charge in [-0.3, -0.25) is 4.99 Å². The van der Waals surface area contributed by atoms with Gasteiger partial charge in [0.05, 0.1) is 25.3 Å². The summed E-state index contributed by atoms with van der Waals surface area (Å²) in [6.07, 6.45) is 4.74. The van der Waals surface area contributed by atoms with Crippen molar-refractivity contribution in [2.24, 2.45) is 4.99 Å². The van der Waals surface area contributed by atoms with Gasteiger partial charge in [0.1, 0.15) is 11.5 Å². The van der Waals surface area contributed by atoms with Crippen molar-refractivity contribution in [2.75, 3.05) is 13.7 Å². The molecule has 3 heteroatoms. The van der Waals surface area contributed by atoms with Gasteiger partial charge in [-0.2, -0.15) is 0 Å². The van der Waals surface area contributed by atoms with Crippen molar-refractivity contribution in [2.45, 2.75) is 37.2 Å². The number of rotatable bonds is 1. The quantitative estimate of drug-likeness (QED) is 0.759. The molecule has 0 unspecified atom stereocenters. The summed E-state index contributed by atoms with van der Waals surface area (Å²) >= 11 is 0. The average molecular weight is 243 g/mol. The summed E-state index contributed by atoms with van der Waals surface area (Å²) in [7, 11) is 1.71. The van der Waals surface area contributed by atoms with Gasteiger partial charge in [-0.15, -0.1) is 0 Å². The molecule has 1 saturated carbocycles. The van der Waals surface area contributed by atoms with Gasteiger partial charge in [0.2, 0.25) is 0 Å². The van der Waals surface area contributed by atoms with Crippen LogP contribution < -0.4 is 9.47 Å². The molecule has 1 spiro atoms. The lowest BCUT2D eigenvalue weighted by Gasteiger charge is -2.34. The highest BCUT2D eigenvalue weighted by Gasteiger charge is 2.55. The number of aliphatic imine (C=N–C) groups is 1. The molecule has 2 aliphatic heterocycles. The van der Waals surface area contributed by atoms with Crippen LogP contribution >= 0.6 is 0 Å². The van der Waals surface area contributed by atoms with Gasteiger partial charge in [-0.25, -0.2) is 0 Å². The zero-order chi connectivity index (χ0) is 12.2. The van der Waals surface area contributed by atoms with E-state index in [4.69, 9.17) is 14.5 Å². The molecule has 2 atom stereocenters. The molecule has 0 radical (unpaired) electrons. The van der Waals surface area contributed by atoms with Gasteiger partial charge in [0.15, 0.2) is 5.60 Å². The highest BCUT2D eigenvalue weighted by Crippen LogP contribution is 2.53. The Labute approximate surface area is 107 Å². The van der Waals surface area contributed by atoms with Crippen LogP contribution in [0.5, 0.6) is 11.5 Å². The fraction of sp³-hybridized carbons (Fsp3) is 0.533. The Kier molecular flexibility index (Phi) is 2.02. The molecule has 1 fully saturated rings. The smallest absolute Gasteiger partial charge is 0.155 e. The molecule has 2 heterocycles. The van der Waals surface area contributed by atoms with Gasteiger partial charge >= 0.3 is 0 Å². The Bertz CT molecular complexity index is 537. The van der Waals surface area contributed by atoms with E-state index in [0.717, 1.165) is 30.9 Å². The third-order valence-corrected chi connectivity index (χ3v) is 4.61. The highest BCUT2D eigenvalue weighted by atomic mass is 16.5. The fourth-order valence-corrected chi connectivity index (χ4v) is 3.72. The molecule has 3 nitrogen and oxygen atoms in total. The van der Waals surface area contributed by atoms with E-state index in [9.17, 15) is 0 Å². The molecule has 0 amide bonds. The first-order chi connectivity index (χ1) is 8.83. The van der Waals surface area contributed by atoms with E-state index in [-0.39, 0.29) is 5.60 Å². The molecule has 0 bridgehead atoms. The van der Waals surface area contributed by atoms with Crippen LogP contribution in [0.2, 0.25) is 0 Å². The third-order valence-electron chi connectivity index (χ3n) is 4.61. The molecule has 1 aromatic rings. The average Bonchev–Trinajstić information content (AvgIpc) is 2.90. The molecule has 3 aliphatic rings. The molecule has 94 valence electrons. The Morgan fingerprint density at radius 1 is 1.39 bits per heavy atom. The summed E-state index contributed by atoms with van der Waals surface area (Å²) in [6, 6.07) is 6.16. The maximum Gasteiger partial charge on any atom is 0.155 e. The SMILES string of the molecule is COc1ccc2c(c1)[C@H]1CN=C3CCCC[C@@]31O2. The van der Waals surface area contributed by atoms with E-state index in [0.29, 0.717) is 5.92 Å². The maximum atomic E-state index is 6.34. The highest BCUT2D eigenvalue weighted by molar-refractivity contribution is 5.97. The summed E-state index contributed by atoms with van der Waals surface area (Å²) in [5.41, 5.74) is 2.48. The molecule has 4 rings (SSSR count). The normalized spacial score (nSPS) is 32.1. The first kappa shape index (κ1) is 10.4. The third kappa shape index (κ3) is 1.17. The van der Waals surface area contributed by atoms with E-state index in [1.165, 1.54) is 24.1 Å². The predicted octanol–water partition coefficient (Wildman–Crippen LogP) is 2.94. The van der Waals surface area contributed by atoms with Crippen LogP contribution in [-0.4, -0.2) is 25.0 Å². The van der Waals surface area contributed by atoms with Crippen molar-refractivity contribution in [3.05, 3.63) is 23.8 Å². The topological polar surface area (TPSA) is 30.8 Å². The predicted molar refractivity (Wildman–Crippen MR) is 69.9 cm³/mol. The minimum absolute atomic E-state index is 0.104. The zero-order valence-corrected chi connectivity index (χ0v) is 10.6. The lowest BCUT2D eigenvalue weighted by molar-refractivity contribution is 0.129. The van der Waals surface area contributed by atoms with E-state index >= 15 is 0 Å². The number of nitrogens with zero attached hydrogens (tertiary/aromatic N) is 1. The van der Waals surface area contributed by atoms with Crippen molar-refractivity contribution < 1.29 is 9.47 Å². The van der Waals surface area contributed by atoms with Gasteiger partial charge < -0.3 is 9.47 Å². The van der Waals surface area contributed by atoms with E-state index in [2.05, 4.69) is 6.07 Å². The number of methoxy groups -OCH3 is 1. The largest absolute Gasteiger partial charge is 0.497 e. The summed E-state index contributed by atoms with van der Waals surface area (Å²) in [5.74, 6) is 2.37. The van der Waals surface area contributed by atoms with Gasteiger partial charge in [-0.1, -0.05) is 0 Å². The van der Waals surface area contributed by atoms with E-state index in [1.54, 1.807) is 7.11 Å². The molecule has 18 heavy (non-hydrogen) atoms. The lowest BCUT2D eigenvalue weighted by Crippen LogP contribution is -2.45. The Morgan fingerprint density at radius 2 is 2.33 bits per heavy atom. The van der Waals surface area contributed by atoms with Crippen LogP contribution in [0.25, 0.3) is 0 Å². The maximum absolute atomic E-state index is 6.34. The number of hydrogen-bond acceptors (Lipinski definition) is 3. The van der Waals surface area contributed by atoms with Crippen LogP contribution in [0.3, 0.4) is 0 Å². The van der Waals surface area contributed by atoms with Crippen LogP contribution in [0.1, 0.15) is 37.2 Å². The van der Waals surface area contributed by atoms with Crippen molar-refractivity contribution in [3.63, 3.8) is 0 Å². The van der Waals surface area contributed by atoms with E-state index < -0.39 is 0 Å². The fourth-order valence-electron chi connectivity index (χ4n) is 3.72. The zero-order valence-electron chi connectivity index (χ0n) is 10.6. The van der Waals surface area contributed by atoms with Gasteiger partial charge in [-0.05, 0) is 43.9 Å². The Balaban J connectivity index is 1.80. The first-order valence-corrected chi connectivity index (χ1v) is 6.74. The molecule has 1 aliphatic carbocycles. The summed E-state index contributed by atoms with van der Waals surface area (Å²) in [6.45, 7) is 0.884. The molecule has 0 aromatic heterocycles. The van der Waals surface area contributed by atoms with Crippen molar-refractivity contribution in [1.29, 1.82) is 0 Å². The second-order valence-electron chi connectivity index (χ2n) is 5.44. The number of hydrogen-bond donors (Lipinski definition) is 0. The van der Waals surface area contributed by atoms with Crippen LogP contribution in [0, 0.1) is 0 Å². The van der Waals surface area contributed by atoms with Gasteiger partial charge in [0, 0.05) is 5.56 Å². The monoisotopic (exact) mass is 243 g/mol. The van der Waals surface area contributed by atoms with Crippen molar-refractivity contribution in [1.82, 2.24) is 0 Å². The number of ether oxygens (including phenoxy) is 2. The van der Waals surface area contributed by atoms with Gasteiger partial charge in [0.25, 0.3) is 0 Å². The first-order valence-electron chi connectivity index (χ1n) is 6.74. The Hall–Kier alpha value is -1.51. The summed E-state index contributed by atoms with van der Waals surface area (Å²) < 4.78 is 11.7. The summed E-state index contributed by atoms with van der Waals surface area (Å²) in [4.78, 5) is 4.74. The van der Waals surface area contributed by atoms with Crippen LogP contribution in [0.15, 0.2) is 23.2 Å². The second kappa shape index (κ2) is 3.50. The Morgan fingerprint density at radius 3 is 3.22 bits per heavy atom. The van der Waals surface area contributed by atoms with Crippen molar-refractivity contribution in [3.8, 4) is 11.5 Å². The van der Waals surface area contributed by atoms with Crippen molar-refractivity contribution >= 4 is 5.71 Å².